The maximum Gasteiger partial charge on any atom is 0.220 e. The number of nitrogens with one attached hydrogen (secondary N) is 1. The predicted molar refractivity (Wildman–Crippen MR) is 80.6 cm³/mol. The molecule has 0 aromatic heterocycles. The van der Waals surface area contributed by atoms with Crippen molar-refractivity contribution in [1.29, 1.82) is 0 Å². The number of benzene rings is 1. The number of para-hydroxylation sites is 1. The number of hydrogen-bond acceptors (Lipinski definition) is 3. The second kappa shape index (κ2) is 5.44. The number of fused-ring (bicyclic) bond motifs is 1. The molecule has 20 heavy (non-hydrogen) atoms. The van der Waals surface area contributed by atoms with E-state index in [4.69, 9.17) is 5.73 Å². The Balaban J connectivity index is 1.81. The number of nitrogens with two attached hydrogens (primary N) is 1. The fourth-order valence-corrected chi connectivity index (χ4v) is 3.65. The Kier molecular flexibility index (Phi) is 3.66. The number of carbonyl (C=O) groups is 1. The van der Waals surface area contributed by atoms with E-state index in [1.807, 2.05) is 0 Å². The molecule has 4 heteroatoms. The van der Waals surface area contributed by atoms with E-state index >= 15 is 0 Å². The molecule has 2 heterocycles. The van der Waals surface area contributed by atoms with Crippen LogP contribution in [0.3, 0.4) is 0 Å². The van der Waals surface area contributed by atoms with E-state index in [0.29, 0.717) is 24.9 Å². The zero-order chi connectivity index (χ0) is 14.1. The monoisotopic (exact) mass is 273 g/mol. The zero-order valence-electron chi connectivity index (χ0n) is 12.1. The number of rotatable bonds is 2. The molecule has 3 rings (SSSR count). The van der Waals surface area contributed by atoms with E-state index in [1.54, 1.807) is 0 Å². The highest BCUT2D eigenvalue weighted by molar-refractivity contribution is 5.77. The van der Waals surface area contributed by atoms with Gasteiger partial charge in [-0.1, -0.05) is 18.2 Å². The number of carbonyl (C=O) groups excluding carboxylic acids is 1. The van der Waals surface area contributed by atoms with Crippen LogP contribution in [0.1, 0.15) is 30.4 Å². The summed E-state index contributed by atoms with van der Waals surface area (Å²) < 4.78 is 0. The molecule has 3 N–H and O–H groups in total. The van der Waals surface area contributed by atoms with Gasteiger partial charge in [0.2, 0.25) is 5.91 Å². The molecule has 2 aliphatic heterocycles. The van der Waals surface area contributed by atoms with Gasteiger partial charge in [-0.2, -0.15) is 0 Å². The SMILES string of the molecule is Cc1cccc(CN)c1N1CCC2NC(=O)CCC2C1. The van der Waals surface area contributed by atoms with Crippen LogP contribution in [0, 0.1) is 12.8 Å². The Bertz CT molecular complexity index is 514. The highest BCUT2D eigenvalue weighted by atomic mass is 16.1. The smallest absolute Gasteiger partial charge is 0.220 e. The fraction of sp³-hybridized carbons (Fsp3) is 0.562. The van der Waals surface area contributed by atoms with Gasteiger partial charge in [0.15, 0.2) is 0 Å². The number of anilines is 1. The summed E-state index contributed by atoms with van der Waals surface area (Å²) in [6.45, 7) is 4.77. The Morgan fingerprint density at radius 2 is 2.25 bits per heavy atom. The Labute approximate surface area is 120 Å². The lowest BCUT2D eigenvalue weighted by Gasteiger charge is -2.43. The lowest BCUT2D eigenvalue weighted by Crippen LogP contribution is -2.54. The molecule has 1 amide bonds. The van der Waals surface area contributed by atoms with Gasteiger partial charge in [0.05, 0.1) is 0 Å². The van der Waals surface area contributed by atoms with E-state index in [2.05, 4.69) is 35.3 Å². The van der Waals surface area contributed by atoms with Crippen molar-refractivity contribution < 1.29 is 4.79 Å². The molecule has 0 radical (unpaired) electrons. The van der Waals surface area contributed by atoms with E-state index in [-0.39, 0.29) is 5.91 Å². The standard InChI is InChI=1S/C16H23N3O/c1-11-3-2-4-12(9-17)16(11)19-8-7-14-13(10-19)5-6-15(20)18-14/h2-4,13-14H,5-10,17H2,1H3,(H,18,20). The molecular formula is C16H23N3O. The molecule has 108 valence electrons. The molecular weight excluding hydrogens is 250 g/mol. The first kappa shape index (κ1) is 13.4. The van der Waals surface area contributed by atoms with Gasteiger partial charge in [0.25, 0.3) is 0 Å². The molecule has 0 bridgehead atoms. The van der Waals surface area contributed by atoms with Crippen LogP contribution in [0.4, 0.5) is 5.69 Å². The van der Waals surface area contributed by atoms with Gasteiger partial charge >= 0.3 is 0 Å². The van der Waals surface area contributed by atoms with Gasteiger partial charge in [-0.25, -0.2) is 0 Å². The van der Waals surface area contributed by atoms with Gasteiger partial charge in [0.1, 0.15) is 0 Å². The van der Waals surface area contributed by atoms with Gasteiger partial charge in [0, 0.05) is 37.8 Å². The third-order valence-electron chi connectivity index (χ3n) is 4.68. The van der Waals surface area contributed by atoms with Crippen molar-refractivity contribution in [3.63, 3.8) is 0 Å². The van der Waals surface area contributed by atoms with Gasteiger partial charge in [-0.3, -0.25) is 4.79 Å². The molecule has 2 saturated heterocycles. The minimum absolute atomic E-state index is 0.221. The highest BCUT2D eigenvalue weighted by Gasteiger charge is 2.34. The second-order valence-electron chi connectivity index (χ2n) is 5.99. The van der Waals surface area contributed by atoms with Crippen LogP contribution < -0.4 is 16.0 Å². The van der Waals surface area contributed by atoms with Crippen molar-refractivity contribution in [2.75, 3.05) is 18.0 Å². The molecule has 0 saturated carbocycles. The van der Waals surface area contributed by atoms with Crippen LogP contribution >= 0.6 is 0 Å². The fourth-order valence-electron chi connectivity index (χ4n) is 3.65. The minimum Gasteiger partial charge on any atom is -0.371 e. The highest BCUT2D eigenvalue weighted by Crippen LogP contribution is 2.32. The summed E-state index contributed by atoms with van der Waals surface area (Å²) in [6, 6.07) is 6.73. The molecule has 2 unspecified atom stereocenters. The van der Waals surface area contributed by atoms with E-state index in [1.165, 1.54) is 16.8 Å². The number of piperidine rings is 2. The quantitative estimate of drug-likeness (QED) is 0.859. The molecule has 1 aromatic rings. The van der Waals surface area contributed by atoms with Gasteiger partial charge in [-0.05, 0) is 36.8 Å². The molecule has 2 atom stereocenters. The number of nitrogens with zero attached hydrogens (tertiary/aromatic N) is 1. The lowest BCUT2D eigenvalue weighted by molar-refractivity contribution is -0.124. The normalized spacial score (nSPS) is 26.1. The van der Waals surface area contributed by atoms with Crippen LogP contribution in [-0.4, -0.2) is 25.0 Å². The third-order valence-corrected chi connectivity index (χ3v) is 4.68. The average Bonchev–Trinajstić information content (AvgIpc) is 2.46. The van der Waals surface area contributed by atoms with Crippen molar-refractivity contribution in [3.8, 4) is 0 Å². The molecule has 0 spiro atoms. The first-order valence-corrected chi connectivity index (χ1v) is 7.52. The summed E-state index contributed by atoms with van der Waals surface area (Å²) in [5, 5.41) is 3.14. The van der Waals surface area contributed by atoms with Crippen molar-refractivity contribution >= 4 is 11.6 Å². The summed E-state index contributed by atoms with van der Waals surface area (Å²) in [7, 11) is 0. The summed E-state index contributed by atoms with van der Waals surface area (Å²) in [5.41, 5.74) is 9.73. The number of hydrogen-bond donors (Lipinski definition) is 2. The molecule has 2 fully saturated rings. The molecule has 2 aliphatic rings. The largest absolute Gasteiger partial charge is 0.371 e. The molecule has 1 aromatic carbocycles. The summed E-state index contributed by atoms with van der Waals surface area (Å²) in [4.78, 5) is 14.0. The van der Waals surface area contributed by atoms with Gasteiger partial charge in [-0.15, -0.1) is 0 Å². The van der Waals surface area contributed by atoms with Crippen LogP contribution in [0.25, 0.3) is 0 Å². The van der Waals surface area contributed by atoms with Gasteiger partial charge < -0.3 is 16.0 Å². The van der Waals surface area contributed by atoms with E-state index in [9.17, 15) is 4.79 Å². The van der Waals surface area contributed by atoms with Crippen LogP contribution in [-0.2, 0) is 11.3 Å². The summed E-state index contributed by atoms with van der Waals surface area (Å²) in [6.07, 6.45) is 2.72. The summed E-state index contributed by atoms with van der Waals surface area (Å²) in [5.74, 6) is 0.796. The van der Waals surface area contributed by atoms with Crippen molar-refractivity contribution in [3.05, 3.63) is 29.3 Å². The predicted octanol–water partition coefficient (Wildman–Crippen LogP) is 1.56. The Morgan fingerprint density at radius 3 is 3.05 bits per heavy atom. The van der Waals surface area contributed by atoms with Crippen molar-refractivity contribution in [1.82, 2.24) is 5.32 Å². The minimum atomic E-state index is 0.221. The zero-order valence-corrected chi connectivity index (χ0v) is 12.1. The average molecular weight is 273 g/mol. The molecule has 0 aliphatic carbocycles. The van der Waals surface area contributed by atoms with Crippen LogP contribution in [0.15, 0.2) is 18.2 Å². The first-order chi connectivity index (χ1) is 9.69. The van der Waals surface area contributed by atoms with Crippen molar-refractivity contribution in [2.24, 2.45) is 11.7 Å². The maximum absolute atomic E-state index is 11.5. The third kappa shape index (κ3) is 2.40. The van der Waals surface area contributed by atoms with Crippen LogP contribution in [0.2, 0.25) is 0 Å². The lowest BCUT2D eigenvalue weighted by atomic mass is 9.84. The first-order valence-electron chi connectivity index (χ1n) is 7.52. The number of aryl methyl sites for hydroxylation is 1. The molecule has 4 nitrogen and oxygen atoms in total. The number of amides is 1. The Morgan fingerprint density at radius 1 is 1.40 bits per heavy atom. The van der Waals surface area contributed by atoms with Crippen molar-refractivity contribution in [2.45, 2.75) is 38.8 Å². The summed E-state index contributed by atoms with van der Waals surface area (Å²) >= 11 is 0. The van der Waals surface area contributed by atoms with E-state index < -0.39 is 0 Å². The van der Waals surface area contributed by atoms with E-state index in [0.717, 1.165) is 25.9 Å². The second-order valence-corrected chi connectivity index (χ2v) is 5.99. The topological polar surface area (TPSA) is 58.4 Å². The van der Waals surface area contributed by atoms with Crippen LogP contribution in [0.5, 0.6) is 0 Å². The maximum atomic E-state index is 11.5. The Hall–Kier alpha value is -1.55.